The molecule has 0 amide bonds. The Morgan fingerprint density at radius 3 is 2.34 bits per heavy atom. The molecule has 3 rings (SSSR count). The summed E-state index contributed by atoms with van der Waals surface area (Å²) in [7, 11) is -4.26. The van der Waals surface area contributed by atoms with Crippen LogP contribution in [-0.4, -0.2) is 35.2 Å². The van der Waals surface area contributed by atoms with E-state index in [0.29, 0.717) is 5.56 Å². The lowest BCUT2D eigenvalue weighted by Crippen LogP contribution is -2.55. The molecule has 0 radical (unpaired) electrons. The van der Waals surface area contributed by atoms with Gasteiger partial charge in [-0.15, -0.1) is 0 Å². The van der Waals surface area contributed by atoms with E-state index in [0.717, 1.165) is 18.2 Å². The number of phenols is 1. The average molecular weight is 413 g/mol. The molecule has 0 bridgehead atoms. The van der Waals surface area contributed by atoms with Crippen LogP contribution < -0.4 is 4.72 Å². The summed E-state index contributed by atoms with van der Waals surface area (Å²) >= 11 is 0. The number of sulfonamides is 1. The van der Waals surface area contributed by atoms with Crippen LogP contribution in [0.25, 0.3) is 0 Å². The number of hydrogen-bond donors (Lipinski definition) is 4. The van der Waals surface area contributed by atoms with Crippen LogP contribution in [-0.2, 0) is 10.0 Å². The number of carbonyl (C=O) groups is 1. The summed E-state index contributed by atoms with van der Waals surface area (Å²) < 4.78 is 27.4. The van der Waals surface area contributed by atoms with Gasteiger partial charge >= 0.3 is 0 Å². The second-order valence-electron chi connectivity index (χ2n) is 6.42. The van der Waals surface area contributed by atoms with Crippen LogP contribution in [0.3, 0.4) is 0 Å². The second-order valence-corrected chi connectivity index (χ2v) is 8.10. The Bertz CT molecular complexity index is 1090. The summed E-state index contributed by atoms with van der Waals surface area (Å²) in [5.41, 5.74) is -1.96. The number of aliphatic hydroxyl groups excluding tert-OH is 1. The fourth-order valence-electron chi connectivity index (χ4n) is 2.81. The molecule has 2 aromatic rings. The molecule has 0 saturated carbocycles. The minimum Gasteiger partial charge on any atom is -0.508 e. The molecule has 1 aliphatic rings. The summed E-state index contributed by atoms with van der Waals surface area (Å²) in [4.78, 5) is 12.1. The maximum atomic E-state index is 12.7. The molecule has 8 heteroatoms. The molecule has 150 valence electrons. The van der Waals surface area contributed by atoms with Crippen molar-refractivity contribution in [2.45, 2.75) is 10.6 Å². The zero-order valence-electron chi connectivity index (χ0n) is 15.1. The number of aromatic hydroxyl groups is 1. The molecule has 0 spiro atoms. The quantitative estimate of drug-likeness (QED) is 0.328. The van der Waals surface area contributed by atoms with E-state index >= 15 is 0 Å². The standard InChI is InChI=1S/C21H19NO6S/c23-17-10-12-18(13-11-17)29(27,28)22-21(26)16(7-4-8-20(21)25)9-14-19(24)15-5-2-1-3-6-15/h1-14,16,22-23,25-26H/b14-9+. The summed E-state index contributed by atoms with van der Waals surface area (Å²) in [5.74, 6) is -2.13. The number of allylic oxidation sites excluding steroid dienone is 3. The van der Waals surface area contributed by atoms with Gasteiger partial charge in [-0.3, -0.25) is 4.79 Å². The third-order valence-corrected chi connectivity index (χ3v) is 5.87. The third-order valence-electron chi connectivity index (χ3n) is 4.40. The van der Waals surface area contributed by atoms with Crippen LogP contribution in [0.1, 0.15) is 10.4 Å². The SMILES string of the molecule is O=C(/C=C/C1C=CC=C(O)C1(O)NS(=O)(=O)c1ccc(O)cc1)c1ccccc1. The Balaban J connectivity index is 1.88. The Hall–Kier alpha value is -3.20. The van der Waals surface area contributed by atoms with Crippen molar-refractivity contribution in [3.8, 4) is 5.75 Å². The van der Waals surface area contributed by atoms with Crippen molar-refractivity contribution in [1.82, 2.24) is 4.72 Å². The average Bonchev–Trinajstić information content (AvgIpc) is 2.69. The molecule has 0 fully saturated rings. The largest absolute Gasteiger partial charge is 0.508 e. The molecule has 0 saturated heterocycles. The van der Waals surface area contributed by atoms with Crippen molar-refractivity contribution in [3.05, 3.63) is 96.3 Å². The number of benzene rings is 2. The normalized spacial score (nSPS) is 21.8. The van der Waals surface area contributed by atoms with Gasteiger partial charge in [0.25, 0.3) is 0 Å². The van der Waals surface area contributed by atoms with E-state index in [1.54, 1.807) is 30.3 Å². The van der Waals surface area contributed by atoms with Crippen molar-refractivity contribution >= 4 is 15.8 Å². The zero-order valence-corrected chi connectivity index (χ0v) is 16.0. The number of carbonyl (C=O) groups excluding carboxylic acids is 1. The highest BCUT2D eigenvalue weighted by Gasteiger charge is 2.43. The van der Waals surface area contributed by atoms with Crippen LogP contribution in [0.4, 0.5) is 0 Å². The lowest BCUT2D eigenvalue weighted by Gasteiger charge is -2.34. The zero-order chi connectivity index (χ0) is 21.1. The molecular weight excluding hydrogens is 394 g/mol. The molecule has 0 aromatic heterocycles. The smallest absolute Gasteiger partial charge is 0.243 e. The van der Waals surface area contributed by atoms with Crippen LogP contribution >= 0.6 is 0 Å². The molecule has 4 N–H and O–H groups in total. The van der Waals surface area contributed by atoms with Gasteiger partial charge in [-0.1, -0.05) is 48.6 Å². The highest BCUT2D eigenvalue weighted by molar-refractivity contribution is 7.89. The predicted octanol–water partition coefficient (Wildman–Crippen LogP) is 2.43. The maximum absolute atomic E-state index is 12.7. The molecule has 2 unspecified atom stereocenters. The summed E-state index contributed by atoms with van der Waals surface area (Å²) in [6.07, 6.45) is 6.58. The van der Waals surface area contributed by atoms with Gasteiger partial charge in [-0.2, -0.15) is 4.72 Å². The number of hydrogen-bond acceptors (Lipinski definition) is 6. The Kier molecular flexibility index (Phi) is 5.69. The van der Waals surface area contributed by atoms with Crippen molar-refractivity contribution in [3.63, 3.8) is 0 Å². The maximum Gasteiger partial charge on any atom is 0.243 e. The lowest BCUT2D eigenvalue weighted by atomic mass is 9.89. The number of aliphatic hydroxyl groups is 2. The van der Waals surface area contributed by atoms with E-state index in [4.69, 9.17) is 0 Å². The van der Waals surface area contributed by atoms with Gasteiger partial charge in [0.15, 0.2) is 11.5 Å². The fraction of sp³-hybridized carbons (Fsp3) is 0.0952. The number of nitrogens with one attached hydrogen (secondary N) is 1. The molecule has 2 aromatic carbocycles. The molecule has 7 nitrogen and oxygen atoms in total. The number of rotatable bonds is 6. The van der Waals surface area contributed by atoms with E-state index in [9.17, 15) is 28.5 Å². The molecule has 1 aliphatic carbocycles. The lowest BCUT2D eigenvalue weighted by molar-refractivity contribution is 0.000611. The van der Waals surface area contributed by atoms with Gasteiger partial charge in [0.1, 0.15) is 11.5 Å². The van der Waals surface area contributed by atoms with E-state index < -0.39 is 27.4 Å². The van der Waals surface area contributed by atoms with Crippen LogP contribution in [0.2, 0.25) is 0 Å². The fourth-order valence-corrected chi connectivity index (χ4v) is 4.07. The van der Waals surface area contributed by atoms with Crippen molar-refractivity contribution in [2.24, 2.45) is 5.92 Å². The molecule has 0 aliphatic heterocycles. The molecular formula is C21H19NO6S. The summed E-state index contributed by atoms with van der Waals surface area (Å²) in [6.45, 7) is 0. The van der Waals surface area contributed by atoms with E-state index in [1.807, 2.05) is 0 Å². The molecule has 2 atom stereocenters. The minimum absolute atomic E-state index is 0.119. The first-order chi connectivity index (χ1) is 13.7. The molecule has 0 heterocycles. The van der Waals surface area contributed by atoms with Gasteiger partial charge < -0.3 is 15.3 Å². The second kappa shape index (κ2) is 8.04. The van der Waals surface area contributed by atoms with Gasteiger partial charge in [0.2, 0.25) is 10.0 Å². The first-order valence-corrected chi connectivity index (χ1v) is 10.1. The number of ketones is 1. The summed E-state index contributed by atoms with van der Waals surface area (Å²) in [6, 6.07) is 13.1. The number of phenolic OH excluding ortho intramolecular Hbond substituents is 1. The summed E-state index contributed by atoms with van der Waals surface area (Å²) in [5, 5.41) is 30.5. The minimum atomic E-state index is -4.26. The van der Waals surface area contributed by atoms with Crippen molar-refractivity contribution in [2.75, 3.05) is 0 Å². The Morgan fingerprint density at radius 1 is 1.03 bits per heavy atom. The Labute approximate surface area is 168 Å². The highest BCUT2D eigenvalue weighted by atomic mass is 32.2. The van der Waals surface area contributed by atoms with Crippen LogP contribution in [0.5, 0.6) is 5.75 Å². The van der Waals surface area contributed by atoms with Gasteiger partial charge in [-0.25, -0.2) is 8.42 Å². The monoisotopic (exact) mass is 413 g/mol. The van der Waals surface area contributed by atoms with Crippen LogP contribution in [0, 0.1) is 5.92 Å². The van der Waals surface area contributed by atoms with Crippen LogP contribution in [0.15, 0.2) is 95.6 Å². The van der Waals surface area contributed by atoms with Gasteiger partial charge in [0, 0.05) is 11.5 Å². The van der Waals surface area contributed by atoms with E-state index in [2.05, 4.69) is 4.72 Å². The van der Waals surface area contributed by atoms with E-state index in [1.165, 1.54) is 36.4 Å². The van der Waals surface area contributed by atoms with Crippen molar-refractivity contribution < 1.29 is 28.5 Å². The third kappa shape index (κ3) is 4.45. The first-order valence-electron chi connectivity index (χ1n) is 8.63. The first kappa shape index (κ1) is 20.5. The van der Waals surface area contributed by atoms with Gasteiger partial charge in [-0.05, 0) is 36.4 Å². The van der Waals surface area contributed by atoms with Gasteiger partial charge in [0.05, 0.1) is 4.90 Å². The Morgan fingerprint density at radius 2 is 1.69 bits per heavy atom. The topological polar surface area (TPSA) is 124 Å². The molecule has 29 heavy (non-hydrogen) atoms. The highest BCUT2D eigenvalue weighted by Crippen LogP contribution is 2.30. The van der Waals surface area contributed by atoms with E-state index in [-0.39, 0.29) is 16.4 Å². The predicted molar refractivity (Wildman–Crippen MR) is 107 cm³/mol. The van der Waals surface area contributed by atoms with Crippen molar-refractivity contribution in [1.29, 1.82) is 0 Å².